The number of hydrogen-bond acceptors (Lipinski definition) is 0. The number of unbranched alkanes of at least 4 members (excludes halogenated alkanes) is 3. The quantitative estimate of drug-likeness (QED) is 0.105. The predicted molar refractivity (Wildman–Crippen MR) is 218 cm³/mol. The third kappa shape index (κ3) is 6.75. The van der Waals surface area contributed by atoms with Crippen molar-refractivity contribution in [2.24, 2.45) is 0 Å². The molecule has 2 aliphatic carbocycles. The van der Waals surface area contributed by atoms with Crippen molar-refractivity contribution in [1.29, 1.82) is 0 Å². The Balaban J connectivity index is 1.47. The number of benzene rings is 4. The van der Waals surface area contributed by atoms with Crippen LogP contribution in [0.1, 0.15) is 120 Å². The summed E-state index contributed by atoms with van der Waals surface area (Å²) in [6, 6.07) is 32.1. The van der Waals surface area contributed by atoms with Crippen molar-refractivity contribution in [3.05, 3.63) is 130 Å². The van der Waals surface area contributed by atoms with E-state index in [0.717, 1.165) is 6.42 Å². The molecule has 0 heterocycles. The first-order valence-electron chi connectivity index (χ1n) is 18.7. The molecule has 0 saturated heterocycles. The van der Waals surface area contributed by atoms with Gasteiger partial charge in [0.05, 0.1) is 0 Å². The van der Waals surface area contributed by atoms with E-state index in [9.17, 15) is 0 Å². The maximum atomic E-state index is 8.60. The van der Waals surface area contributed by atoms with Crippen molar-refractivity contribution in [2.75, 3.05) is 0 Å². The Morgan fingerprint density at radius 1 is 0.735 bits per heavy atom. The van der Waals surface area contributed by atoms with E-state index in [1.807, 2.05) is 0 Å². The summed E-state index contributed by atoms with van der Waals surface area (Å²) in [5, 5.41) is 0. The van der Waals surface area contributed by atoms with E-state index in [1.165, 1.54) is 86.9 Å². The molecule has 4 aromatic rings. The molecule has 6 rings (SSSR count). The van der Waals surface area contributed by atoms with Gasteiger partial charge in [0.25, 0.3) is 0 Å². The van der Waals surface area contributed by atoms with E-state index in [-0.39, 0.29) is 12.7 Å². The van der Waals surface area contributed by atoms with E-state index in [2.05, 4.69) is 158 Å². The van der Waals surface area contributed by atoms with E-state index in [4.69, 9.17) is 17.0 Å². The zero-order valence-corrected chi connectivity index (χ0v) is 36.0. The van der Waals surface area contributed by atoms with Gasteiger partial charge in [0.1, 0.15) is 0 Å². The Bertz CT molecular complexity index is 1870. The molecular weight excluding hydrogens is 731 g/mol. The number of fused-ring (bicyclic) bond motifs is 2. The summed E-state index contributed by atoms with van der Waals surface area (Å²) in [4.78, 5) is 0. The Morgan fingerprint density at radius 2 is 1.33 bits per heavy atom. The molecular formula is C45H55Cl2SiZr. The van der Waals surface area contributed by atoms with Gasteiger partial charge in [-0.1, -0.05) is 0 Å². The summed E-state index contributed by atoms with van der Waals surface area (Å²) < 4.78 is 0.211. The zero-order valence-electron chi connectivity index (χ0n) is 30.9. The van der Waals surface area contributed by atoms with Gasteiger partial charge in [-0.2, -0.15) is 0 Å². The third-order valence-corrected chi connectivity index (χ3v) is 63.6. The van der Waals surface area contributed by atoms with E-state index in [1.54, 1.807) is 0 Å². The number of hydrogen-bond donors (Lipinski definition) is 0. The molecule has 0 aliphatic heterocycles. The van der Waals surface area contributed by atoms with Gasteiger partial charge in [-0.15, -0.1) is 0 Å². The van der Waals surface area contributed by atoms with Gasteiger partial charge in [0, 0.05) is 0 Å². The van der Waals surface area contributed by atoms with Crippen molar-refractivity contribution >= 4 is 35.1 Å². The molecule has 0 spiro atoms. The van der Waals surface area contributed by atoms with Crippen LogP contribution in [0.15, 0.2) is 96.6 Å². The number of rotatable bonds is 11. The van der Waals surface area contributed by atoms with Gasteiger partial charge in [0.2, 0.25) is 0 Å². The van der Waals surface area contributed by atoms with Crippen molar-refractivity contribution in [1.82, 2.24) is 0 Å². The summed E-state index contributed by atoms with van der Waals surface area (Å²) in [6.07, 6.45) is 13.3. The molecule has 2 unspecified atom stereocenters. The molecule has 4 aromatic carbocycles. The monoisotopic (exact) mass is 783 g/mol. The average Bonchev–Trinajstić information content (AvgIpc) is 3.69. The summed E-state index contributed by atoms with van der Waals surface area (Å²) in [7, 11) is 17.2. The Labute approximate surface area is 305 Å². The summed E-state index contributed by atoms with van der Waals surface area (Å²) in [5.74, 6) is -1.09. The molecule has 49 heavy (non-hydrogen) atoms. The van der Waals surface area contributed by atoms with Crippen LogP contribution in [0.2, 0.25) is 13.1 Å². The first-order chi connectivity index (χ1) is 23.2. The van der Waals surface area contributed by atoms with Crippen LogP contribution in [0.5, 0.6) is 0 Å². The van der Waals surface area contributed by atoms with E-state index >= 15 is 0 Å². The van der Waals surface area contributed by atoms with Crippen molar-refractivity contribution in [2.45, 2.75) is 105 Å². The van der Waals surface area contributed by atoms with Gasteiger partial charge in [-0.05, 0) is 0 Å². The second-order valence-corrected chi connectivity index (χ2v) is 59.0. The molecule has 2 atom stereocenters. The second-order valence-electron chi connectivity index (χ2n) is 16.4. The molecule has 0 fully saturated rings. The van der Waals surface area contributed by atoms with Gasteiger partial charge in [-0.3, -0.25) is 0 Å². The van der Waals surface area contributed by atoms with Crippen LogP contribution in [0.25, 0.3) is 34.4 Å². The standard InChI is InChI=1S/C24H29.C19H19.C2H7Si.2ClH.Zr/c1-4-5-6-7-9-19-16-22-10-8-11-23(24(22)17-19)21-14-12-20(13-15-21)18(2)3;1-19(2,3)16-12-10-15(11-13-16)18-9-5-7-14-6-4-8-17(14)18;1-3-2;;;/h8,10-18H,4-7,9H2,1-3H3;4-13H,1-3H3;3H,1-2H3;2*1H;/q;;;;;+2/p-2. The fourth-order valence-electron chi connectivity index (χ4n) is 8.48. The molecule has 257 valence electrons. The maximum absolute atomic E-state index is 8.60. The van der Waals surface area contributed by atoms with Crippen LogP contribution < -0.4 is 0 Å². The average molecular weight is 786 g/mol. The third-order valence-electron chi connectivity index (χ3n) is 11.6. The summed E-state index contributed by atoms with van der Waals surface area (Å²) >= 11 is -4.75. The predicted octanol–water partition coefficient (Wildman–Crippen LogP) is 14.6. The van der Waals surface area contributed by atoms with Crippen LogP contribution >= 0.6 is 17.0 Å². The molecule has 0 bridgehead atoms. The summed E-state index contributed by atoms with van der Waals surface area (Å²) in [6.45, 7) is 18.5. The van der Waals surface area contributed by atoms with Gasteiger partial charge < -0.3 is 0 Å². The van der Waals surface area contributed by atoms with Crippen molar-refractivity contribution < 1.29 is 15.6 Å². The topological polar surface area (TPSA) is 0 Å². The first-order valence-corrected chi connectivity index (χ1v) is 35.0. The SMILES string of the molecule is CCCCCCC1=Cc2c(-c3ccc(C(C)C)cc3)cccc2[CH]1[Zr]([Cl])([Cl])([CH]1C=Cc2c(-c3ccc(C(C)(C)C)cc3)cccc21)[SiH](C)C. The Kier molecular flexibility index (Phi) is 10.7. The molecule has 0 nitrogen and oxygen atoms in total. The molecule has 0 amide bonds. The fraction of sp³-hybridized carbons (Fsp3) is 0.378. The molecule has 4 heteroatoms. The minimum atomic E-state index is -4.75. The Hall–Kier alpha value is -1.96. The number of allylic oxidation sites excluding steroid dienone is 2. The molecule has 0 aromatic heterocycles. The van der Waals surface area contributed by atoms with Crippen LogP contribution in [0.4, 0.5) is 0 Å². The van der Waals surface area contributed by atoms with Gasteiger partial charge in [-0.25, -0.2) is 0 Å². The molecule has 0 saturated carbocycles. The summed E-state index contributed by atoms with van der Waals surface area (Å²) in [5.41, 5.74) is 14.8. The second kappa shape index (κ2) is 14.2. The van der Waals surface area contributed by atoms with Crippen LogP contribution in [0.3, 0.4) is 0 Å². The van der Waals surface area contributed by atoms with Gasteiger partial charge in [0.15, 0.2) is 0 Å². The van der Waals surface area contributed by atoms with Crippen molar-refractivity contribution in [3.8, 4) is 22.3 Å². The van der Waals surface area contributed by atoms with Gasteiger partial charge >= 0.3 is 308 Å². The van der Waals surface area contributed by atoms with E-state index < -0.39 is 21.5 Å². The van der Waals surface area contributed by atoms with E-state index in [0.29, 0.717) is 5.92 Å². The normalized spacial score (nSPS) is 18.0. The fourth-order valence-corrected chi connectivity index (χ4v) is 37.9. The van der Waals surface area contributed by atoms with Crippen LogP contribution in [-0.4, -0.2) is 5.92 Å². The zero-order chi connectivity index (χ0) is 35.2. The van der Waals surface area contributed by atoms with Crippen LogP contribution in [-0.2, 0) is 21.0 Å². The minimum absolute atomic E-state index is 0.0872. The molecule has 0 radical (unpaired) electrons. The van der Waals surface area contributed by atoms with Crippen molar-refractivity contribution in [3.63, 3.8) is 0 Å². The molecule has 0 N–H and O–H groups in total. The molecule has 2 aliphatic rings. The Morgan fingerprint density at radius 3 is 1.90 bits per heavy atom. The number of halogens is 2. The van der Waals surface area contributed by atoms with Crippen LogP contribution in [0, 0.1) is 0 Å². The first kappa shape index (κ1) is 36.8.